The first-order valence-corrected chi connectivity index (χ1v) is 27.3. The molecule has 1 aromatic carbocycles. The number of aliphatic carboxylic acids is 3. The number of anilines is 1. The Morgan fingerprint density at radius 1 is 0.671 bits per heavy atom. The number of nitrogens with one attached hydrogen (secondary N) is 6. The molecule has 1 unspecified atom stereocenters. The number of hydrogen-bond donors (Lipinski definition) is 10. The summed E-state index contributed by atoms with van der Waals surface area (Å²) in [7, 11) is 0. The molecule has 5 aliphatic rings. The Balaban J connectivity index is 0.916. The number of aliphatic hydroxyl groups is 1. The van der Waals surface area contributed by atoms with Crippen LogP contribution < -0.4 is 36.8 Å². The summed E-state index contributed by atoms with van der Waals surface area (Å²) < 4.78 is 4.76. The number of hydrogen-bond acceptors (Lipinski definition) is 17. The van der Waals surface area contributed by atoms with E-state index in [4.69, 9.17) is 4.74 Å². The number of nitrogens with zero attached hydrogens (tertiary/aromatic N) is 5. The van der Waals surface area contributed by atoms with Crippen molar-refractivity contribution in [2.24, 2.45) is 11.8 Å². The van der Waals surface area contributed by atoms with Gasteiger partial charge in [-0.3, -0.25) is 72.3 Å². The molecule has 10 N–H and O–H groups in total. The lowest BCUT2D eigenvalue weighted by Gasteiger charge is -2.35. The number of ether oxygens (including phenoxy) is 1. The number of carbonyl (C=O) groups is 11. The lowest BCUT2D eigenvalue weighted by Crippen LogP contribution is -2.59. The summed E-state index contributed by atoms with van der Waals surface area (Å²) in [6, 6.07) is 0.103. The quantitative estimate of drug-likeness (QED) is 0.0409. The molecule has 5 aliphatic heterocycles. The molecule has 7 amide bonds. The highest BCUT2D eigenvalue weighted by Gasteiger charge is 2.46. The Hall–Kier alpha value is -6.81. The topological polar surface area (TPSA) is 366 Å². The zero-order chi connectivity index (χ0) is 57.3. The fourth-order valence-corrected chi connectivity index (χ4v) is 10.7. The van der Waals surface area contributed by atoms with Gasteiger partial charge < -0.3 is 62.0 Å². The summed E-state index contributed by atoms with van der Waals surface area (Å²) in [5.74, 6) is -7.85. The van der Waals surface area contributed by atoms with Gasteiger partial charge in [0.05, 0.1) is 31.7 Å². The van der Waals surface area contributed by atoms with E-state index in [-0.39, 0.29) is 83.1 Å². The van der Waals surface area contributed by atoms with Crippen molar-refractivity contribution < 1.29 is 77.9 Å². The van der Waals surface area contributed by atoms with Gasteiger partial charge in [0, 0.05) is 84.6 Å². The van der Waals surface area contributed by atoms with Crippen LogP contribution in [0.1, 0.15) is 82.8 Å². The molecular formula is C52H77N11O16. The lowest BCUT2D eigenvalue weighted by molar-refractivity contribution is -0.155. The third kappa shape index (κ3) is 18.4. The van der Waals surface area contributed by atoms with Gasteiger partial charge in [-0.1, -0.05) is 38.5 Å². The van der Waals surface area contributed by atoms with Crippen LogP contribution in [0.2, 0.25) is 0 Å². The first kappa shape index (κ1) is 61.4. The van der Waals surface area contributed by atoms with Crippen LogP contribution >= 0.6 is 0 Å². The molecule has 79 heavy (non-hydrogen) atoms. The minimum absolute atomic E-state index is 0.0338. The van der Waals surface area contributed by atoms with Gasteiger partial charge in [0.1, 0.15) is 30.2 Å². The molecular weight excluding hydrogens is 1030 g/mol. The van der Waals surface area contributed by atoms with Crippen molar-refractivity contribution in [3.8, 4) is 0 Å². The van der Waals surface area contributed by atoms with Gasteiger partial charge >= 0.3 is 23.9 Å². The number of aryl methyl sites for hydroxylation is 1. The zero-order valence-corrected chi connectivity index (χ0v) is 45.0. The average molecular weight is 1110 g/mol. The zero-order valence-electron chi connectivity index (χ0n) is 45.0. The highest BCUT2D eigenvalue weighted by molar-refractivity contribution is 6.08. The number of carboxylic acids is 3. The van der Waals surface area contributed by atoms with Crippen LogP contribution in [-0.4, -0.2) is 233 Å². The highest BCUT2D eigenvalue weighted by Crippen LogP contribution is 2.39. The second-order valence-electron chi connectivity index (χ2n) is 21.1. The number of para-hydroxylation sites is 1. The monoisotopic (exact) mass is 1110 g/mol. The fourth-order valence-electron chi connectivity index (χ4n) is 10.7. The molecule has 6 rings (SSSR count). The van der Waals surface area contributed by atoms with Crippen LogP contribution in [-0.2, 0) is 70.3 Å². The summed E-state index contributed by atoms with van der Waals surface area (Å²) in [6.45, 7) is 8.08. The Morgan fingerprint density at radius 2 is 1.28 bits per heavy atom. The summed E-state index contributed by atoms with van der Waals surface area (Å²) in [6.07, 6.45) is -0.0619. The Kier molecular flexibility index (Phi) is 22.9. The third-order valence-corrected chi connectivity index (χ3v) is 15.3. The van der Waals surface area contributed by atoms with E-state index in [9.17, 15) is 73.2 Å². The second kappa shape index (κ2) is 29.4. The molecule has 0 spiro atoms. The van der Waals surface area contributed by atoms with Crippen LogP contribution in [0, 0.1) is 11.8 Å². The van der Waals surface area contributed by atoms with E-state index in [1.165, 1.54) is 4.90 Å². The first-order chi connectivity index (χ1) is 37.7. The predicted molar refractivity (Wildman–Crippen MR) is 280 cm³/mol. The molecule has 0 radical (unpaired) electrons. The Morgan fingerprint density at radius 3 is 1.89 bits per heavy atom. The van der Waals surface area contributed by atoms with Crippen molar-refractivity contribution in [1.82, 2.24) is 51.5 Å². The molecule has 7 atom stereocenters. The fraction of sp³-hybridized carbons (Fsp3) is 0.673. The first-order valence-electron chi connectivity index (χ1n) is 27.3. The molecule has 27 nitrogen and oxygen atoms in total. The average Bonchev–Trinajstić information content (AvgIpc) is 4.19. The van der Waals surface area contributed by atoms with Crippen molar-refractivity contribution in [3.05, 3.63) is 29.3 Å². The number of amides is 7. The van der Waals surface area contributed by atoms with E-state index in [0.717, 1.165) is 30.5 Å². The molecule has 0 aliphatic carbocycles. The number of aliphatic hydroxyl groups excluding tert-OH is 1. The number of piperidine rings is 1. The van der Waals surface area contributed by atoms with Gasteiger partial charge in [-0.25, -0.2) is 0 Å². The van der Waals surface area contributed by atoms with Crippen LogP contribution in [0.5, 0.6) is 0 Å². The number of cyclic esters (lactones) is 1. The summed E-state index contributed by atoms with van der Waals surface area (Å²) in [5.41, 5.74) is 2.13. The number of likely N-dealkylation sites (tertiary alicyclic amines) is 1. The smallest absolute Gasteiger partial charge is 0.317 e. The van der Waals surface area contributed by atoms with E-state index in [1.807, 2.05) is 39.8 Å². The number of benzene rings is 1. The molecule has 5 heterocycles. The van der Waals surface area contributed by atoms with Crippen LogP contribution in [0.25, 0.3) is 0 Å². The van der Waals surface area contributed by atoms with Crippen molar-refractivity contribution in [2.45, 2.75) is 121 Å². The van der Waals surface area contributed by atoms with Gasteiger partial charge in [0.2, 0.25) is 47.6 Å². The SMILES string of the molecule is CC[C@H](C)[C@H](NC(=O)CCNC(=O)CCNC(=O)[C@@H](CCC(=O)O)NC(=O)CN1CCC(CN2CCN(CC(=O)O)CCN(CC(=O)O)CC2)CC1)C(=O)N[C@H]1CCc2cccc3c2N(C1=O)[C@H](C(=O)N[C@H]1CC(=O)OC1O)C3. The Labute approximate surface area is 457 Å². The standard InChI is InChI=1S/C52H77N11O16/c1-3-31(2)46(50(76)56-36-8-7-33-5-4-6-34-25-38(63(47(33)34)51(36)77)49(75)57-37-26-45(73)79-52(37)78)58-40(65)12-15-53-39(64)11-16-54-48(74)35(9-10-42(67)68)55-41(66)28-59-17-13-32(14-18-59)27-60-19-21-61(29-43(69)70)23-24-62(22-20-60)30-44(71)72/h4-6,31-32,35-38,46,52,78H,3,7-30H2,1-2H3,(H,53,64)(H,54,74)(H,55,66)(H,56,76)(H,57,75)(H,58,65)(H,67,68)(H,69,70)(H,71,72)/t31-,35+,36-,37-,38-,46-,52?/m0/s1. The van der Waals surface area contributed by atoms with Gasteiger partial charge in [-0.05, 0) is 68.2 Å². The maximum absolute atomic E-state index is 14.3. The minimum atomic E-state index is -1.53. The molecule has 0 saturated carbocycles. The number of carbonyl (C=O) groups excluding carboxylic acids is 8. The molecule has 1 aromatic rings. The Bertz CT molecular complexity index is 2380. The summed E-state index contributed by atoms with van der Waals surface area (Å²) in [4.78, 5) is 150. The van der Waals surface area contributed by atoms with Crippen molar-refractivity contribution in [3.63, 3.8) is 0 Å². The summed E-state index contributed by atoms with van der Waals surface area (Å²) in [5, 5.41) is 54.2. The third-order valence-electron chi connectivity index (χ3n) is 15.3. The molecule has 27 heteroatoms. The van der Waals surface area contributed by atoms with Crippen LogP contribution in [0.15, 0.2) is 18.2 Å². The summed E-state index contributed by atoms with van der Waals surface area (Å²) >= 11 is 0. The number of carboxylic acid groups (broad SMARTS) is 3. The maximum atomic E-state index is 14.3. The lowest BCUT2D eigenvalue weighted by atomic mass is 9.96. The van der Waals surface area contributed by atoms with Crippen molar-refractivity contribution >= 4 is 70.9 Å². The molecule has 0 aromatic heterocycles. The maximum Gasteiger partial charge on any atom is 0.317 e. The molecule has 0 bridgehead atoms. The van der Waals surface area contributed by atoms with E-state index in [0.29, 0.717) is 70.9 Å². The number of esters is 1. The largest absolute Gasteiger partial charge is 0.481 e. The predicted octanol–water partition coefficient (Wildman–Crippen LogP) is -3.18. The van der Waals surface area contributed by atoms with Crippen molar-refractivity contribution in [2.75, 3.05) is 96.5 Å². The van der Waals surface area contributed by atoms with Crippen LogP contribution in [0.4, 0.5) is 5.69 Å². The highest BCUT2D eigenvalue weighted by atomic mass is 16.6. The van der Waals surface area contributed by atoms with Gasteiger partial charge in [-0.15, -0.1) is 0 Å². The van der Waals surface area contributed by atoms with Gasteiger partial charge in [-0.2, -0.15) is 0 Å². The minimum Gasteiger partial charge on any atom is -0.481 e. The van der Waals surface area contributed by atoms with Gasteiger partial charge in [0.25, 0.3) is 0 Å². The normalized spacial score (nSPS) is 22.5. The van der Waals surface area contributed by atoms with Crippen molar-refractivity contribution in [1.29, 1.82) is 0 Å². The molecule has 3 fully saturated rings. The van der Waals surface area contributed by atoms with E-state index < -0.39 is 108 Å². The second-order valence-corrected chi connectivity index (χ2v) is 21.1. The molecule has 3 saturated heterocycles. The number of rotatable bonds is 26. The van der Waals surface area contributed by atoms with E-state index in [1.54, 1.807) is 6.92 Å². The van der Waals surface area contributed by atoms with Crippen LogP contribution in [0.3, 0.4) is 0 Å². The van der Waals surface area contributed by atoms with E-state index >= 15 is 0 Å². The molecule has 436 valence electrons. The van der Waals surface area contributed by atoms with Gasteiger partial charge in [0.15, 0.2) is 0 Å². The van der Waals surface area contributed by atoms with E-state index in [2.05, 4.69) is 36.8 Å².